The Morgan fingerprint density at radius 3 is 2.62 bits per heavy atom. The summed E-state index contributed by atoms with van der Waals surface area (Å²) in [5.41, 5.74) is 0.145. The van der Waals surface area contributed by atoms with Gasteiger partial charge in [0.05, 0.1) is 4.92 Å². The number of likely N-dealkylation sites (tertiary alicyclic amines) is 1. The van der Waals surface area contributed by atoms with Crippen LogP contribution in [0.4, 0.5) is 16.2 Å². The van der Waals surface area contributed by atoms with Crippen LogP contribution < -0.4 is 5.32 Å². The van der Waals surface area contributed by atoms with E-state index in [1.807, 2.05) is 0 Å². The molecule has 1 aliphatic heterocycles. The molecule has 2 amide bonds. The number of piperidine rings is 1. The van der Waals surface area contributed by atoms with Gasteiger partial charge in [-0.1, -0.05) is 6.07 Å². The summed E-state index contributed by atoms with van der Waals surface area (Å²) in [6, 6.07) is 3.87. The molecule has 8 heteroatoms. The van der Waals surface area contributed by atoms with E-state index in [9.17, 15) is 19.7 Å². The van der Waals surface area contributed by atoms with Crippen molar-refractivity contribution in [2.75, 3.05) is 11.9 Å². The van der Waals surface area contributed by atoms with Crippen LogP contribution in [0, 0.1) is 17.0 Å². The second kappa shape index (κ2) is 7.72. The number of benzene rings is 1. The van der Waals surface area contributed by atoms with Gasteiger partial charge in [0.25, 0.3) is 5.69 Å². The molecule has 26 heavy (non-hydrogen) atoms. The molecule has 1 heterocycles. The van der Waals surface area contributed by atoms with Crippen LogP contribution in [0.2, 0.25) is 0 Å². The Hall–Kier alpha value is -2.64. The van der Waals surface area contributed by atoms with Crippen LogP contribution >= 0.6 is 0 Å². The molecular weight excluding hydrogens is 338 g/mol. The van der Waals surface area contributed by atoms with Gasteiger partial charge in [0.1, 0.15) is 11.6 Å². The molecule has 0 aromatic heterocycles. The Bertz CT molecular complexity index is 711. The molecule has 1 aromatic rings. The normalized spacial score (nSPS) is 17.5. The van der Waals surface area contributed by atoms with Gasteiger partial charge < -0.3 is 10.1 Å². The molecule has 1 atom stereocenters. The maximum atomic E-state index is 12.7. The summed E-state index contributed by atoms with van der Waals surface area (Å²) in [6.45, 7) is 7.40. The average Bonchev–Trinajstić information content (AvgIpc) is 2.54. The van der Waals surface area contributed by atoms with E-state index >= 15 is 0 Å². The number of amides is 2. The predicted molar refractivity (Wildman–Crippen MR) is 97.0 cm³/mol. The summed E-state index contributed by atoms with van der Waals surface area (Å²) < 4.78 is 5.39. The number of nitrogens with zero attached hydrogens (tertiary/aromatic N) is 2. The lowest BCUT2D eigenvalue weighted by molar-refractivity contribution is -0.385. The quantitative estimate of drug-likeness (QED) is 0.652. The SMILES string of the molecule is Cc1ccc(NC(=O)C2CCCCN2C(=O)OC(C)(C)C)cc1[N+](=O)[O-]. The molecule has 0 saturated carbocycles. The fourth-order valence-electron chi connectivity index (χ4n) is 2.85. The zero-order valence-corrected chi connectivity index (χ0v) is 15.6. The number of nitrogens with one attached hydrogen (secondary N) is 1. The van der Waals surface area contributed by atoms with Gasteiger partial charge in [0, 0.05) is 23.9 Å². The highest BCUT2D eigenvalue weighted by molar-refractivity contribution is 5.97. The maximum absolute atomic E-state index is 12.7. The Morgan fingerprint density at radius 2 is 2.00 bits per heavy atom. The van der Waals surface area contributed by atoms with E-state index < -0.39 is 22.7 Å². The summed E-state index contributed by atoms with van der Waals surface area (Å²) in [5, 5.41) is 13.7. The second-order valence-corrected chi connectivity index (χ2v) is 7.43. The topological polar surface area (TPSA) is 102 Å². The molecular formula is C18H25N3O5. The van der Waals surface area contributed by atoms with E-state index in [0.717, 1.165) is 12.8 Å². The maximum Gasteiger partial charge on any atom is 0.410 e. The Labute approximate surface area is 152 Å². The number of aryl methyl sites for hydroxylation is 1. The molecule has 1 unspecified atom stereocenters. The van der Waals surface area contributed by atoms with Gasteiger partial charge in [-0.2, -0.15) is 0 Å². The van der Waals surface area contributed by atoms with E-state index in [1.165, 1.54) is 11.0 Å². The van der Waals surface area contributed by atoms with Gasteiger partial charge in [-0.3, -0.25) is 19.8 Å². The summed E-state index contributed by atoms with van der Waals surface area (Å²) in [7, 11) is 0. The number of hydrogen-bond acceptors (Lipinski definition) is 5. The molecule has 0 bridgehead atoms. The minimum absolute atomic E-state index is 0.0598. The van der Waals surface area contributed by atoms with Gasteiger partial charge >= 0.3 is 6.09 Å². The standard InChI is InChI=1S/C18H25N3O5/c1-12-8-9-13(11-15(12)21(24)25)19-16(22)14-7-5-6-10-20(14)17(23)26-18(2,3)4/h8-9,11,14H,5-7,10H2,1-4H3,(H,19,22). The number of nitro benzene ring substituents is 1. The molecule has 0 radical (unpaired) electrons. The first-order chi connectivity index (χ1) is 12.1. The Balaban J connectivity index is 2.15. The monoisotopic (exact) mass is 363 g/mol. The molecule has 0 spiro atoms. The highest BCUT2D eigenvalue weighted by Crippen LogP contribution is 2.25. The number of anilines is 1. The van der Waals surface area contributed by atoms with Crippen LogP contribution in [0.25, 0.3) is 0 Å². The van der Waals surface area contributed by atoms with E-state index in [2.05, 4.69) is 5.32 Å². The van der Waals surface area contributed by atoms with E-state index in [4.69, 9.17) is 4.74 Å². The molecule has 8 nitrogen and oxygen atoms in total. The smallest absolute Gasteiger partial charge is 0.410 e. The van der Waals surface area contributed by atoms with Crippen molar-refractivity contribution in [3.05, 3.63) is 33.9 Å². The van der Waals surface area contributed by atoms with Crippen molar-refractivity contribution in [1.82, 2.24) is 4.90 Å². The first kappa shape index (κ1) is 19.7. The summed E-state index contributed by atoms with van der Waals surface area (Å²) in [6.07, 6.45) is 1.64. The van der Waals surface area contributed by atoms with Crippen molar-refractivity contribution in [3.63, 3.8) is 0 Å². The zero-order chi connectivity index (χ0) is 19.5. The van der Waals surface area contributed by atoms with Gasteiger partial charge in [-0.05, 0) is 53.0 Å². The third kappa shape index (κ3) is 4.93. The van der Waals surface area contributed by atoms with Crippen LogP contribution in [0.5, 0.6) is 0 Å². The lowest BCUT2D eigenvalue weighted by Gasteiger charge is -2.35. The highest BCUT2D eigenvalue weighted by atomic mass is 16.6. The number of ether oxygens (including phenoxy) is 1. The average molecular weight is 363 g/mol. The second-order valence-electron chi connectivity index (χ2n) is 7.43. The van der Waals surface area contributed by atoms with Crippen LogP contribution in [-0.2, 0) is 9.53 Å². The molecule has 1 N–H and O–H groups in total. The zero-order valence-electron chi connectivity index (χ0n) is 15.6. The van der Waals surface area contributed by atoms with Crippen molar-refractivity contribution in [2.24, 2.45) is 0 Å². The summed E-state index contributed by atoms with van der Waals surface area (Å²) in [5.74, 6) is -0.367. The minimum Gasteiger partial charge on any atom is -0.444 e. The van der Waals surface area contributed by atoms with Gasteiger partial charge in [-0.15, -0.1) is 0 Å². The van der Waals surface area contributed by atoms with Crippen molar-refractivity contribution >= 4 is 23.4 Å². The summed E-state index contributed by atoms with van der Waals surface area (Å²) in [4.78, 5) is 37.1. The van der Waals surface area contributed by atoms with Crippen LogP contribution in [0.3, 0.4) is 0 Å². The first-order valence-corrected chi connectivity index (χ1v) is 8.64. The summed E-state index contributed by atoms with van der Waals surface area (Å²) >= 11 is 0. The third-order valence-electron chi connectivity index (χ3n) is 4.11. The van der Waals surface area contributed by atoms with Crippen molar-refractivity contribution in [3.8, 4) is 0 Å². The number of nitro groups is 1. The number of carbonyl (C=O) groups excluding carboxylic acids is 2. The number of rotatable bonds is 3. The van der Waals surface area contributed by atoms with Gasteiger partial charge in [0.2, 0.25) is 5.91 Å². The lowest BCUT2D eigenvalue weighted by atomic mass is 10.0. The molecule has 1 fully saturated rings. The molecule has 1 saturated heterocycles. The fourth-order valence-corrected chi connectivity index (χ4v) is 2.85. The Kier molecular flexibility index (Phi) is 5.84. The molecule has 1 aliphatic rings. The number of hydrogen-bond donors (Lipinski definition) is 1. The molecule has 0 aliphatic carbocycles. The van der Waals surface area contributed by atoms with Crippen LogP contribution in [-0.4, -0.2) is 40.0 Å². The van der Waals surface area contributed by atoms with E-state index in [0.29, 0.717) is 24.2 Å². The lowest BCUT2D eigenvalue weighted by Crippen LogP contribution is -2.51. The fraction of sp³-hybridized carbons (Fsp3) is 0.556. The highest BCUT2D eigenvalue weighted by Gasteiger charge is 2.35. The first-order valence-electron chi connectivity index (χ1n) is 8.64. The van der Waals surface area contributed by atoms with Crippen LogP contribution in [0.15, 0.2) is 18.2 Å². The number of carbonyl (C=O) groups is 2. The predicted octanol–water partition coefficient (Wildman–Crippen LogP) is 3.63. The largest absolute Gasteiger partial charge is 0.444 e. The van der Waals surface area contributed by atoms with Crippen molar-refractivity contribution in [2.45, 2.75) is 58.6 Å². The van der Waals surface area contributed by atoms with Gasteiger partial charge in [-0.25, -0.2) is 4.79 Å². The van der Waals surface area contributed by atoms with Crippen molar-refractivity contribution < 1.29 is 19.2 Å². The van der Waals surface area contributed by atoms with Crippen LogP contribution in [0.1, 0.15) is 45.6 Å². The minimum atomic E-state index is -0.654. The van der Waals surface area contributed by atoms with E-state index in [1.54, 1.807) is 39.8 Å². The molecule has 1 aromatic carbocycles. The van der Waals surface area contributed by atoms with E-state index in [-0.39, 0.29) is 11.6 Å². The molecule has 2 rings (SSSR count). The third-order valence-corrected chi connectivity index (χ3v) is 4.11. The van der Waals surface area contributed by atoms with Gasteiger partial charge in [0.15, 0.2) is 0 Å². The Morgan fingerprint density at radius 1 is 1.31 bits per heavy atom. The van der Waals surface area contributed by atoms with Crippen molar-refractivity contribution in [1.29, 1.82) is 0 Å². The molecule has 142 valence electrons.